The normalized spacial score (nSPS) is 15.2. The van der Waals surface area contributed by atoms with Crippen LogP contribution in [-0.2, 0) is 9.59 Å². The van der Waals surface area contributed by atoms with Gasteiger partial charge in [0.1, 0.15) is 23.8 Å². The molecule has 0 spiro atoms. The van der Waals surface area contributed by atoms with Gasteiger partial charge in [0.25, 0.3) is 11.1 Å². The van der Waals surface area contributed by atoms with Gasteiger partial charge in [-0.1, -0.05) is 18.2 Å². The molecule has 3 amide bonds. The van der Waals surface area contributed by atoms with E-state index in [9.17, 15) is 28.0 Å². The summed E-state index contributed by atoms with van der Waals surface area (Å²) < 4.78 is 31.8. The maximum absolute atomic E-state index is 13.7. The fourth-order valence-electron chi connectivity index (χ4n) is 2.88. The van der Waals surface area contributed by atoms with Crippen LogP contribution in [0.3, 0.4) is 0 Å². The first-order valence-corrected chi connectivity index (χ1v) is 9.66. The van der Waals surface area contributed by atoms with Crippen LogP contribution in [0.4, 0.5) is 19.3 Å². The minimum absolute atomic E-state index is 0.0617. The Morgan fingerprint density at radius 3 is 2.65 bits per heavy atom. The molecular formula is C21H12F2N2O5S. The highest BCUT2D eigenvalue weighted by Crippen LogP contribution is 2.32. The third-order valence-corrected chi connectivity index (χ3v) is 5.24. The predicted octanol–water partition coefficient (Wildman–Crippen LogP) is 3.75. The largest absolute Gasteiger partial charge is 0.422 e. The Bertz CT molecular complexity index is 1330. The van der Waals surface area contributed by atoms with Gasteiger partial charge in [-0.25, -0.2) is 13.6 Å². The van der Waals surface area contributed by atoms with Crippen LogP contribution < -0.4 is 10.9 Å². The summed E-state index contributed by atoms with van der Waals surface area (Å²) in [5.74, 6) is -3.44. The molecule has 1 aliphatic heterocycles. The van der Waals surface area contributed by atoms with Crippen molar-refractivity contribution in [3.63, 3.8) is 0 Å². The zero-order chi connectivity index (χ0) is 22.1. The molecule has 0 unspecified atom stereocenters. The third kappa shape index (κ3) is 4.24. The highest BCUT2D eigenvalue weighted by atomic mass is 32.2. The quantitative estimate of drug-likeness (QED) is 0.488. The number of amides is 3. The van der Waals surface area contributed by atoms with Crippen LogP contribution in [0.15, 0.2) is 62.6 Å². The molecule has 156 valence electrons. The van der Waals surface area contributed by atoms with Gasteiger partial charge in [-0.2, -0.15) is 0 Å². The van der Waals surface area contributed by atoms with Crippen molar-refractivity contribution in [1.29, 1.82) is 0 Å². The van der Waals surface area contributed by atoms with Crippen LogP contribution in [0, 0.1) is 11.6 Å². The van der Waals surface area contributed by atoms with E-state index in [0.717, 1.165) is 12.1 Å². The van der Waals surface area contributed by atoms with Crippen molar-refractivity contribution in [2.24, 2.45) is 0 Å². The minimum Gasteiger partial charge on any atom is -0.422 e. The first kappa shape index (κ1) is 20.5. The number of nitrogens with one attached hydrogen (secondary N) is 1. The summed E-state index contributed by atoms with van der Waals surface area (Å²) in [4.78, 5) is 49.7. The molecule has 0 atom stereocenters. The molecular weight excluding hydrogens is 430 g/mol. The Hall–Kier alpha value is -3.79. The third-order valence-electron chi connectivity index (χ3n) is 4.34. The van der Waals surface area contributed by atoms with E-state index in [0.29, 0.717) is 33.7 Å². The summed E-state index contributed by atoms with van der Waals surface area (Å²) >= 11 is 0.558. The fourth-order valence-corrected chi connectivity index (χ4v) is 3.71. The molecule has 0 radical (unpaired) electrons. The number of fused-ring (bicyclic) bond motifs is 1. The molecule has 1 aromatic heterocycles. The van der Waals surface area contributed by atoms with Crippen molar-refractivity contribution in [2.45, 2.75) is 0 Å². The lowest BCUT2D eigenvalue weighted by Crippen LogP contribution is -2.36. The molecule has 0 bridgehead atoms. The van der Waals surface area contributed by atoms with Crippen LogP contribution in [0.5, 0.6) is 0 Å². The van der Waals surface area contributed by atoms with Crippen molar-refractivity contribution < 1.29 is 27.6 Å². The van der Waals surface area contributed by atoms with E-state index < -0.39 is 40.9 Å². The van der Waals surface area contributed by atoms with Gasteiger partial charge in [-0.05, 0) is 42.1 Å². The zero-order valence-corrected chi connectivity index (χ0v) is 16.4. The lowest BCUT2D eigenvalue weighted by atomic mass is 10.2. The van der Waals surface area contributed by atoms with Gasteiger partial charge in [0.15, 0.2) is 0 Å². The zero-order valence-electron chi connectivity index (χ0n) is 15.6. The SMILES string of the molecule is O=C(CN1C(=O)SC(=Cc2cc3ccccc3oc2=O)C1=O)Nc1ccc(F)cc1F. The number of halogens is 2. The highest BCUT2D eigenvalue weighted by Gasteiger charge is 2.36. The van der Waals surface area contributed by atoms with Crippen molar-refractivity contribution in [3.05, 3.63) is 81.1 Å². The summed E-state index contributed by atoms with van der Waals surface area (Å²) in [6.45, 7) is -0.675. The highest BCUT2D eigenvalue weighted by molar-refractivity contribution is 8.18. The molecule has 1 saturated heterocycles. The molecule has 2 aromatic carbocycles. The van der Waals surface area contributed by atoms with E-state index >= 15 is 0 Å². The van der Waals surface area contributed by atoms with Crippen LogP contribution in [0.25, 0.3) is 17.0 Å². The van der Waals surface area contributed by atoms with Crippen LogP contribution in [0.1, 0.15) is 5.56 Å². The van der Waals surface area contributed by atoms with E-state index in [2.05, 4.69) is 5.32 Å². The second-order valence-electron chi connectivity index (χ2n) is 6.47. The number of nitrogens with zero attached hydrogens (tertiary/aromatic N) is 1. The van der Waals surface area contributed by atoms with Crippen molar-refractivity contribution >= 4 is 51.5 Å². The monoisotopic (exact) mass is 442 g/mol. The Morgan fingerprint density at radius 1 is 1.10 bits per heavy atom. The number of anilines is 1. The van der Waals surface area contributed by atoms with Gasteiger partial charge < -0.3 is 9.73 Å². The van der Waals surface area contributed by atoms with E-state index in [4.69, 9.17) is 4.42 Å². The summed E-state index contributed by atoms with van der Waals surface area (Å²) in [5.41, 5.74) is -0.526. The van der Waals surface area contributed by atoms with Crippen LogP contribution >= 0.6 is 11.8 Å². The lowest BCUT2D eigenvalue weighted by molar-refractivity contribution is -0.127. The number of para-hydroxylation sites is 1. The predicted molar refractivity (Wildman–Crippen MR) is 110 cm³/mol. The average molecular weight is 442 g/mol. The van der Waals surface area contributed by atoms with E-state index in [1.165, 1.54) is 12.1 Å². The molecule has 4 rings (SSSR count). The summed E-state index contributed by atoms with van der Waals surface area (Å²) in [6.07, 6.45) is 1.22. The molecule has 3 aromatic rings. The van der Waals surface area contributed by atoms with Crippen molar-refractivity contribution in [2.75, 3.05) is 11.9 Å². The Labute approximate surface area is 177 Å². The second kappa shape index (κ2) is 8.15. The molecule has 31 heavy (non-hydrogen) atoms. The Morgan fingerprint density at radius 2 is 1.87 bits per heavy atom. The molecule has 0 saturated carbocycles. The van der Waals surface area contributed by atoms with Gasteiger partial charge in [-0.15, -0.1) is 0 Å². The van der Waals surface area contributed by atoms with Crippen molar-refractivity contribution in [1.82, 2.24) is 4.90 Å². The second-order valence-corrected chi connectivity index (χ2v) is 7.46. The Kier molecular flexibility index (Phi) is 5.38. The van der Waals surface area contributed by atoms with E-state index in [-0.39, 0.29) is 16.2 Å². The van der Waals surface area contributed by atoms with Gasteiger partial charge in [-0.3, -0.25) is 19.3 Å². The minimum atomic E-state index is -0.995. The number of carbonyl (C=O) groups is 3. The molecule has 10 heteroatoms. The summed E-state index contributed by atoms with van der Waals surface area (Å²) in [6, 6.07) is 10.9. The van der Waals surface area contributed by atoms with Crippen LogP contribution in [0.2, 0.25) is 0 Å². The number of rotatable bonds is 4. The van der Waals surface area contributed by atoms with Gasteiger partial charge in [0, 0.05) is 11.5 Å². The number of hydrogen-bond acceptors (Lipinski definition) is 6. The average Bonchev–Trinajstić information content (AvgIpc) is 2.98. The first-order valence-electron chi connectivity index (χ1n) is 8.85. The van der Waals surface area contributed by atoms with Gasteiger partial charge in [0.2, 0.25) is 5.91 Å². The number of imide groups is 1. The van der Waals surface area contributed by atoms with E-state index in [1.54, 1.807) is 24.3 Å². The molecule has 1 fully saturated rings. The van der Waals surface area contributed by atoms with Crippen LogP contribution in [-0.4, -0.2) is 28.5 Å². The summed E-state index contributed by atoms with van der Waals surface area (Å²) in [7, 11) is 0. The van der Waals surface area contributed by atoms with Crippen molar-refractivity contribution in [3.8, 4) is 0 Å². The smallest absolute Gasteiger partial charge is 0.343 e. The first-order chi connectivity index (χ1) is 14.8. The van der Waals surface area contributed by atoms with E-state index in [1.807, 2.05) is 0 Å². The number of hydrogen-bond donors (Lipinski definition) is 1. The molecule has 7 nitrogen and oxygen atoms in total. The lowest BCUT2D eigenvalue weighted by Gasteiger charge is -2.12. The maximum atomic E-state index is 13.7. The van der Waals surface area contributed by atoms with Gasteiger partial charge in [0.05, 0.1) is 16.2 Å². The topological polar surface area (TPSA) is 96.7 Å². The number of benzene rings is 2. The summed E-state index contributed by atoms with van der Waals surface area (Å²) in [5, 5.41) is 2.09. The number of carbonyl (C=O) groups excluding carboxylic acids is 3. The van der Waals surface area contributed by atoms with Gasteiger partial charge >= 0.3 is 5.63 Å². The number of thioether (sulfide) groups is 1. The standard InChI is InChI=1S/C21H12F2N2O5S/c22-13-5-6-15(14(23)9-13)24-18(26)10-25-19(27)17(31-21(25)29)8-12-7-11-3-1-2-4-16(11)30-20(12)28/h1-9H,10H2,(H,24,26). The molecule has 1 N–H and O–H groups in total. The fraction of sp³-hybridized carbons (Fsp3) is 0.0476. The Balaban J connectivity index is 1.53. The molecule has 0 aliphatic carbocycles. The molecule has 1 aliphatic rings. The molecule has 2 heterocycles. The maximum Gasteiger partial charge on any atom is 0.343 e.